The van der Waals surface area contributed by atoms with E-state index >= 15 is 0 Å². The van der Waals surface area contributed by atoms with E-state index in [0.29, 0.717) is 10.7 Å². The van der Waals surface area contributed by atoms with E-state index in [0.717, 1.165) is 6.26 Å². The zero-order valence-corrected chi connectivity index (χ0v) is 13.3. The summed E-state index contributed by atoms with van der Waals surface area (Å²) in [5.74, 6) is -1.04. The van der Waals surface area contributed by atoms with Crippen LogP contribution in [0.1, 0.15) is 12.6 Å². The van der Waals surface area contributed by atoms with Crippen LogP contribution in [0.3, 0.4) is 0 Å². The van der Waals surface area contributed by atoms with Gasteiger partial charge in [-0.05, 0) is 6.92 Å². The molecule has 0 aliphatic rings. The molecule has 0 atom stereocenters. The van der Waals surface area contributed by atoms with Gasteiger partial charge in [-0.15, -0.1) is 5.10 Å². The van der Waals surface area contributed by atoms with E-state index in [4.69, 9.17) is 0 Å². The molecule has 0 amide bonds. The SMILES string of the molecule is CCOC(=O)CNc1nc(S(C)(=O)=O)nn2c(C(F)(F)F)cnc12. The van der Waals surface area contributed by atoms with E-state index in [1.54, 1.807) is 6.92 Å². The quantitative estimate of drug-likeness (QED) is 0.761. The van der Waals surface area contributed by atoms with Crippen LogP contribution in [0.5, 0.6) is 0 Å². The number of esters is 1. The van der Waals surface area contributed by atoms with Crippen molar-refractivity contribution in [3.8, 4) is 0 Å². The monoisotopic (exact) mass is 367 g/mol. The van der Waals surface area contributed by atoms with Gasteiger partial charge in [-0.2, -0.15) is 18.2 Å². The Morgan fingerprint density at radius 1 is 1.42 bits per heavy atom. The maximum Gasteiger partial charge on any atom is 0.435 e. The molecule has 24 heavy (non-hydrogen) atoms. The number of hydrogen-bond acceptors (Lipinski definition) is 8. The van der Waals surface area contributed by atoms with E-state index in [1.165, 1.54) is 0 Å². The van der Waals surface area contributed by atoms with Gasteiger partial charge in [-0.25, -0.2) is 17.9 Å². The number of halogens is 3. The summed E-state index contributed by atoms with van der Waals surface area (Å²) in [6.45, 7) is 1.25. The van der Waals surface area contributed by atoms with Crippen molar-refractivity contribution in [3.05, 3.63) is 11.9 Å². The largest absolute Gasteiger partial charge is 0.465 e. The summed E-state index contributed by atoms with van der Waals surface area (Å²) >= 11 is 0. The molecule has 2 aromatic heterocycles. The van der Waals surface area contributed by atoms with Crippen LogP contribution in [-0.2, 0) is 25.5 Å². The van der Waals surface area contributed by atoms with Crippen molar-refractivity contribution < 1.29 is 31.1 Å². The number of hydrogen-bond donors (Lipinski definition) is 1. The predicted octanol–water partition coefficient (Wildman–Crippen LogP) is 0.522. The molecule has 2 aromatic rings. The van der Waals surface area contributed by atoms with E-state index in [2.05, 4.69) is 25.1 Å². The number of carbonyl (C=O) groups excluding carboxylic acids is 1. The Hall–Kier alpha value is -2.44. The number of rotatable bonds is 5. The first-order valence-electron chi connectivity index (χ1n) is 6.46. The average Bonchev–Trinajstić information content (AvgIpc) is 2.87. The fraction of sp³-hybridized carbons (Fsp3) is 0.455. The molecule has 0 aromatic carbocycles. The molecular weight excluding hydrogens is 355 g/mol. The number of ether oxygens (including phenoxy) is 1. The first-order valence-corrected chi connectivity index (χ1v) is 8.35. The molecule has 0 aliphatic heterocycles. The van der Waals surface area contributed by atoms with Gasteiger partial charge in [0.15, 0.2) is 17.2 Å². The lowest BCUT2D eigenvalue weighted by Gasteiger charge is -2.09. The number of imidazole rings is 1. The van der Waals surface area contributed by atoms with E-state index in [-0.39, 0.29) is 18.1 Å². The first-order chi connectivity index (χ1) is 11.0. The van der Waals surface area contributed by atoms with Crippen molar-refractivity contribution in [3.63, 3.8) is 0 Å². The molecular formula is C11H12F3N5O4S. The van der Waals surface area contributed by atoms with Crippen LogP contribution in [0.15, 0.2) is 11.4 Å². The van der Waals surface area contributed by atoms with Gasteiger partial charge < -0.3 is 10.1 Å². The lowest BCUT2D eigenvalue weighted by Crippen LogP contribution is -2.20. The number of sulfone groups is 1. The fourth-order valence-corrected chi connectivity index (χ4v) is 2.19. The fourth-order valence-electron chi connectivity index (χ4n) is 1.70. The van der Waals surface area contributed by atoms with Crippen molar-refractivity contribution in [1.82, 2.24) is 19.6 Å². The van der Waals surface area contributed by atoms with Crippen LogP contribution in [0.2, 0.25) is 0 Å². The highest BCUT2D eigenvalue weighted by Gasteiger charge is 2.36. The highest BCUT2D eigenvalue weighted by atomic mass is 32.2. The summed E-state index contributed by atoms with van der Waals surface area (Å²) in [5.41, 5.74) is -1.65. The molecule has 0 radical (unpaired) electrons. The number of carbonyl (C=O) groups is 1. The summed E-state index contributed by atoms with van der Waals surface area (Å²) < 4.78 is 67.0. The van der Waals surface area contributed by atoms with E-state index in [9.17, 15) is 26.4 Å². The lowest BCUT2D eigenvalue weighted by molar-refractivity contribution is -0.142. The van der Waals surface area contributed by atoms with Gasteiger partial charge in [0, 0.05) is 6.26 Å². The van der Waals surface area contributed by atoms with Crippen LogP contribution in [-0.4, -0.2) is 53.4 Å². The third-order valence-corrected chi connectivity index (χ3v) is 3.51. The second-order valence-electron chi connectivity index (χ2n) is 4.55. The third kappa shape index (κ3) is 3.72. The standard InChI is InChI=1S/C11H12F3N5O4S/c1-3-23-7(20)5-15-8-9-16-4-6(11(12,13)14)19(9)18-10(17-8)24(2,21)22/h4H,3,5H2,1-2H3,(H,15,17,18). The zero-order valence-electron chi connectivity index (χ0n) is 12.5. The normalized spacial score (nSPS) is 12.4. The van der Waals surface area contributed by atoms with Crippen molar-refractivity contribution in [2.45, 2.75) is 18.3 Å². The maximum absolute atomic E-state index is 13.0. The molecule has 0 fully saturated rings. The minimum absolute atomic E-state index is 0.107. The average molecular weight is 367 g/mol. The summed E-state index contributed by atoms with van der Waals surface area (Å²) in [4.78, 5) is 18.5. The van der Waals surface area contributed by atoms with Gasteiger partial charge in [0.1, 0.15) is 6.54 Å². The van der Waals surface area contributed by atoms with Crippen LogP contribution in [0, 0.1) is 0 Å². The smallest absolute Gasteiger partial charge is 0.435 e. The van der Waals surface area contributed by atoms with Crippen LogP contribution in [0.4, 0.5) is 19.0 Å². The predicted molar refractivity (Wildman–Crippen MR) is 74.0 cm³/mol. The van der Waals surface area contributed by atoms with Crippen molar-refractivity contribution in [1.29, 1.82) is 0 Å². The molecule has 2 heterocycles. The molecule has 132 valence electrons. The third-order valence-electron chi connectivity index (χ3n) is 2.67. The molecule has 13 heteroatoms. The second-order valence-corrected chi connectivity index (χ2v) is 6.46. The van der Waals surface area contributed by atoms with Crippen LogP contribution in [0.25, 0.3) is 5.65 Å². The Morgan fingerprint density at radius 2 is 2.08 bits per heavy atom. The van der Waals surface area contributed by atoms with E-state index in [1.807, 2.05) is 0 Å². The molecule has 9 nitrogen and oxygen atoms in total. The molecule has 0 aliphatic carbocycles. The molecule has 2 rings (SSSR count). The van der Waals surface area contributed by atoms with Crippen LogP contribution < -0.4 is 5.32 Å². The number of fused-ring (bicyclic) bond motifs is 1. The molecule has 0 saturated carbocycles. The Morgan fingerprint density at radius 3 is 2.62 bits per heavy atom. The Balaban J connectivity index is 2.57. The number of nitrogens with zero attached hydrogens (tertiary/aromatic N) is 4. The summed E-state index contributed by atoms with van der Waals surface area (Å²) in [5, 5.41) is 4.94. The number of anilines is 1. The molecule has 0 spiro atoms. The minimum Gasteiger partial charge on any atom is -0.465 e. The summed E-state index contributed by atoms with van der Waals surface area (Å²) in [7, 11) is -4.00. The number of alkyl halides is 3. The lowest BCUT2D eigenvalue weighted by atomic mass is 10.5. The first kappa shape index (κ1) is 17.9. The van der Waals surface area contributed by atoms with Gasteiger partial charge >= 0.3 is 12.1 Å². The van der Waals surface area contributed by atoms with Gasteiger partial charge in [0.05, 0.1) is 12.8 Å². The Kier molecular flexibility index (Phi) is 4.64. The topological polar surface area (TPSA) is 116 Å². The number of nitrogens with one attached hydrogen (secondary N) is 1. The van der Waals surface area contributed by atoms with Crippen molar-refractivity contribution in [2.75, 3.05) is 24.7 Å². The summed E-state index contributed by atoms with van der Waals surface area (Å²) in [6, 6.07) is 0. The molecule has 0 unspecified atom stereocenters. The summed E-state index contributed by atoms with van der Waals surface area (Å²) in [6.07, 6.45) is -3.57. The molecule has 0 saturated heterocycles. The van der Waals surface area contributed by atoms with E-state index < -0.39 is 39.4 Å². The highest BCUT2D eigenvalue weighted by Crippen LogP contribution is 2.30. The highest BCUT2D eigenvalue weighted by molar-refractivity contribution is 7.90. The zero-order chi connectivity index (χ0) is 18.1. The van der Waals surface area contributed by atoms with Gasteiger partial charge in [-0.3, -0.25) is 4.79 Å². The minimum atomic E-state index is -4.80. The van der Waals surface area contributed by atoms with Gasteiger partial charge in [-0.1, -0.05) is 0 Å². The van der Waals surface area contributed by atoms with Crippen molar-refractivity contribution >= 4 is 27.3 Å². The van der Waals surface area contributed by atoms with Crippen molar-refractivity contribution in [2.24, 2.45) is 0 Å². The molecule has 1 N–H and O–H groups in total. The van der Waals surface area contributed by atoms with Crippen LogP contribution >= 0.6 is 0 Å². The van der Waals surface area contributed by atoms with Gasteiger partial charge in [0.25, 0.3) is 5.16 Å². The van der Waals surface area contributed by atoms with Gasteiger partial charge in [0.2, 0.25) is 9.84 Å². The number of aromatic nitrogens is 4. The molecule has 0 bridgehead atoms. The Bertz CT molecular complexity index is 878. The second kappa shape index (κ2) is 6.22. The Labute approximate surface area is 133 Å². The maximum atomic E-state index is 13.0.